The van der Waals surface area contributed by atoms with E-state index in [-0.39, 0.29) is 5.82 Å². The summed E-state index contributed by atoms with van der Waals surface area (Å²) in [7, 11) is 0. The van der Waals surface area contributed by atoms with E-state index in [9.17, 15) is 9.65 Å². The van der Waals surface area contributed by atoms with Crippen molar-refractivity contribution in [2.24, 2.45) is 0 Å². The Morgan fingerprint density at radius 1 is 1.40 bits per heavy atom. The molecule has 0 saturated carbocycles. The fourth-order valence-corrected chi connectivity index (χ4v) is 3.59. The molecule has 20 heavy (non-hydrogen) atoms. The number of anilines is 1. The topological polar surface area (TPSA) is 39.1 Å². The zero-order chi connectivity index (χ0) is 14.2. The Kier molecular flexibility index (Phi) is 3.39. The average Bonchev–Trinajstić information content (AvgIpc) is 2.84. The number of benzene rings is 1. The molecular weight excluding hydrogens is 253 g/mol. The van der Waals surface area contributed by atoms with Gasteiger partial charge in [-0.1, -0.05) is 0 Å². The van der Waals surface area contributed by atoms with E-state index in [4.69, 9.17) is 0 Å². The third-order valence-electron chi connectivity index (χ3n) is 4.55. The molecule has 3 rings (SSSR count). The van der Waals surface area contributed by atoms with E-state index >= 15 is 0 Å². The number of halogens is 1. The highest BCUT2D eigenvalue weighted by molar-refractivity contribution is 5.50. The van der Waals surface area contributed by atoms with Gasteiger partial charge in [-0.2, -0.15) is 5.26 Å². The van der Waals surface area contributed by atoms with Crippen molar-refractivity contribution >= 4 is 5.69 Å². The Morgan fingerprint density at radius 3 is 3.00 bits per heavy atom. The first kappa shape index (κ1) is 13.4. The van der Waals surface area contributed by atoms with Crippen LogP contribution in [-0.2, 0) is 0 Å². The summed E-state index contributed by atoms with van der Waals surface area (Å²) in [4.78, 5) is 2.48. The Bertz CT molecular complexity index is 531. The molecule has 0 amide bonds. The standard InChI is InChI=1S/C16H20FN3/c1-12-7-13(17)9-14(8-12)19-16(11-18)4-6-20-5-2-3-15(20)10-16/h7-9,15,19H,2-6,10H2,1H3. The number of rotatable bonds is 2. The molecule has 1 aromatic rings. The van der Waals surface area contributed by atoms with Gasteiger partial charge in [0.15, 0.2) is 0 Å². The lowest BCUT2D eigenvalue weighted by atomic mass is 9.84. The molecule has 2 unspecified atom stereocenters. The van der Waals surface area contributed by atoms with Crippen LogP contribution in [0.5, 0.6) is 0 Å². The molecule has 4 heteroatoms. The van der Waals surface area contributed by atoms with Crippen molar-refractivity contribution in [1.82, 2.24) is 4.90 Å². The van der Waals surface area contributed by atoms with Crippen molar-refractivity contribution < 1.29 is 4.39 Å². The van der Waals surface area contributed by atoms with Gasteiger partial charge in [-0.25, -0.2) is 4.39 Å². The van der Waals surface area contributed by atoms with E-state index in [1.807, 2.05) is 13.0 Å². The van der Waals surface area contributed by atoms with Gasteiger partial charge in [0, 0.05) is 18.3 Å². The van der Waals surface area contributed by atoms with Gasteiger partial charge in [-0.05, 0) is 62.9 Å². The first-order valence-corrected chi connectivity index (χ1v) is 7.31. The third-order valence-corrected chi connectivity index (χ3v) is 4.55. The maximum atomic E-state index is 13.5. The second-order valence-corrected chi connectivity index (χ2v) is 6.12. The smallest absolute Gasteiger partial charge is 0.128 e. The summed E-state index contributed by atoms with van der Waals surface area (Å²) < 4.78 is 13.5. The first-order chi connectivity index (χ1) is 9.60. The van der Waals surface area contributed by atoms with E-state index in [1.54, 1.807) is 0 Å². The van der Waals surface area contributed by atoms with Crippen LogP contribution in [0.3, 0.4) is 0 Å². The number of fused-ring (bicyclic) bond motifs is 1. The number of hydrogen-bond donors (Lipinski definition) is 1. The maximum Gasteiger partial charge on any atom is 0.128 e. The Balaban J connectivity index is 1.81. The minimum absolute atomic E-state index is 0.251. The summed E-state index contributed by atoms with van der Waals surface area (Å²) in [6, 6.07) is 7.85. The molecule has 0 aliphatic carbocycles. The van der Waals surface area contributed by atoms with Gasteiger partial charge >= 0.3 is 0 Å². The van der Waals surface area contributed by atoms with E-state index in [0.717, 1.165) is 37.2 Å². The number of nitrogens with one attached hydrogen (secondary N) is 1. The zero-order valence-electron chi connectivity index (χ0n) is 11.8. The Labute approximate surface area is 119 Å². The normalized spacial score (nSPS) is 29.8. The largest absolute Gasteiger partial charge is 0.367 e. The summed E-state index contributed by atoms with van der Waals surface area (Å²) in [5.74, 6) is -0.251. The fraction of sp³-hybridized carbons (Fsp3) is 0.562. The number of nitrogens with zero attached hydrogens (tertiary/aromatic N) is 2. The predicted molar refractivity (Wildman–Crippen MR) is 76.9 cm³/mol. The third kappa shape index (κ3) is 2.51. The maximum absolute atomic E-state index is 13.5. The molecule has 0 aromatic heterocycles. The molecule has 2 fully saturated rings. The van der Waals surface area contributed by atoms with E-state index < -0.39 is 5.54 Å². The molecule has 3 nitrogen and oxygen atoms in total. The van der Waals surface area contributed by atoms with Gasteiger partial charge in [0.25, 0.3) is 0 Å². The number of aryl methyl sites for hydroxylation is 1. The van der Waals surface area contributed by atoms with Crippen molar-refractivity contribution in [3.63, 3.8) is 0 Å². The molecule has 0 bridgehead atoms. The lowest BCUT2D eigenvalue weighted by Crippen LogP contribution is -2.51. The van der Waals surface area contributed by atoms with E-state index in [2.05, 4.69) is 16.3 Å². The van der Waals surface area contributed by atoms with Crippen LogP contribution in [0.25, 0.3) is 0 Å². The van der Waals surface area contributed by atoms with Gasteiger partial charge in [0.2, 0.25) is 0 Å². The highest BCUT2D eigenvalue weighted by atomic mass is 19.1. The highest BCUT2D eigenvalue weighted by Crippen LogP contribution is 2.35. The summed E-state index contributed by atoms with van der Waals surface area (Å²) in [6.07, 6.45) is 4.03. The average molecular weight is 273 g/mol. The second kappa shape index (κ2) is 5.06. The highest BCUT2D eigenvalue weighted by Gasteiger charge is 2.41. The van der Waals surface area contributed by atoms with Gasteiger partial charge in [-0.3, -0.25) is 0 Å². The van der Waals surface area contributed by atoms with Crippen molar-refractivity contribution in [2.45, 2.75) is 44.2 Å². The molecule has 2 atom stereocenters. The zero-order valence-corrected chi connectivity index (χ0v) is 11.8. The molecule has 0 spiro atoms. The van der Waals surface area contributed by atoms with E-state index in [0.29, 0.717) is 6.04 Å². The minimum atomic E-state index is -0.550. The summed E-state index contributed by atoms with van der Waals surface area (Å²) >= 11 is 0. The minimum Gasteiger partial charge on any atom is -0.367 e. The van der Waals surface area contributed by atoms with Gasteiger partial charge in [-0.15, -0.1) is 0 Å². The summed E-state index contributed by atoms with van der Waals surface area (Å²) in [6.45, 7) is 3.98. The molecule has 2 aliphatic rings. The molecule has 2 aliphatic heterocycles. The van der Waals surface area contributed by atoms with Crippen molar-refractivity contribution in [3.8, 4) is 6.07 Å². The molecule has 2 saturated heterocycles. The van der Waals surface area contributed by atoms with Crippen LogP contribution < -0.4 is 5.32 Å². The summed E-state index contributed by atoms with van der Waals surface area (Å²) in [5.41, 5.74) is 1.04. The number of hydrogen-bond acceptors (Lipinski definition) is 3. The number of piperidine rings is 1. The monoisotopic (exact) mass is 273 g/mol. The molecule has 1 N–H and O–H groups in total. The Morgan fingerprint density at radius 2 is 2.25 bits per heavy atom. The Hall–Kier alpha value is -1.60. The molecule has 2 heterocycles. The van der Waals surface area contributed by atoms with Crippen molar-refractivity contribution in [3.05, 3.63) is 29.6 Å². The van der Waals surface area contributed by atoms with Crippen LogP contribution in [0.2, 0.25) is 0 Å². The molecule has 0 radical (unpaired) electrons. The van der Waals surface area contributed by atoms with Crippen molar-refractivity contribution in [2.75, 3.05) is 18.4 Å². The van der Waals surface area contributed by atoms with Gasteiger partial charge < -0.3 is 10.2 Å². The molecule has 106 valence electrons. The van der Waals surface area contributed by atoms with Gasteiger partial charge in [0.05, 0.1) is 6.07 Å². The second-order valence-electron chi connectivity index (χ2n) is 6.12. The summed E-state index contributed by atoms with van der Waals surface area (Å²) in [5, 5.41) is 12.9. The van der Waals surface area contributed by atoms with Crippen LogP contribution >= 0.6 is 0 Å². The number of nitriles is 1. The van der Waals surface area contributed by atoms with Gasteiger partial charge in [0.1, 0.15) is 11.4 Å². The fourth-order valence-electron chi connectivity index (χ4n) is 3.59. The molecule has 1 aromatic carbocycles. The van der Waals surface area contributed by atoms with E-state index in [1.165, 1.54) is 25.0 Å². The SMILES string of the molecule is Cc1cc(F)cc(NC2(C#N)CCN3CCCC3C2)c1. The van der Waals surface area contributed by atoms with Crippen LogP contribution in [0.1, 0.15) is 31.2 Å². The first-order valence-electron chi connectivity index (χ1n) is 7.31. The quantitative estimate of drug-likeness (QED) is 0.900. The predicted octanol–water partition coefficient (Wildman–Crippen LogP) is 3.07. The van der Waals surface area contributed by atoms with Crippen LogP contribution in [0.15, 0.2) is 18.2 Å². The van der Waals surface area contributed by atoms with Crippen LogP contribution in [0, 0.1) is 24.1 Å². The van der Waals surface area contributed by atoms with Crippen LogP contribution in [0.4, 0.5) is 10.1 Å². The molecular formula is C16H20FN3. The lowest BCUT2D eigenvalue weighted by Gasteiger charge is -2.41. The lowest BCUT2D eigenvalue weighted by molar-refractivity contribution is 0.165. The van der Waals surface area contributed by atoms with Crippen molar-refractivity contribution in [1.29, 1.82) is 5.26 Å². The van der Waals surface area contributed by atoms with Crippen LogP contribution in [-0.4, -0.2) is 29.6 Å².